The van der Waals surface area contributed by atoms with Crippen molar-refractivity contribution in [2.75, 3.05) is 17.2 Å². The SMILES string of the molecule is CCc1cccc(OCC(=O)Nc2ccc(C(=O)Nc3nccs3)cc2)c1. The summed E-state index contributed by atoms with van der Waals surface area (Å²) >= 11 is 1.35. The molecular formula is C20H19N3O3S. The number of carbonyl (C=O) groups excluding carboxylic acids is 2. The van der Waals surface area contributed by atoms with Crippen LogP contribution in [0.4, 0.5) is 10.8 Å². The average molecular weight is 381 g/mol. The van der Waals surface area contributed by atoms with Crippen LogP contribution in [-0.4, -0.2) is 23.4 Å². The molecule has 0 aliphatic heterocycles. The number of nitrogens with one attached hydrogen (secondary N) is 2. The van der Waals surface area contributed by atoms with Crippen LogP contribution in [0.2, 0.25) is 0 Å². The Morgan fingerprint density at radius 2 is 1.93 bits per heavy atom. The van der Waals surface area contributed by atoms with Gasteiger partial charge in [-0.05, 0) is 48.4 Å². The van der Waals surface area contributed by atoms with Gasteiger partial charge in [0.25, 0.3) is 11.8 Å². The summed E-state index contributed by atoms with van der Waals surface area (Å²) in [6.45, 7) is 1.98. The molecule has 0 spiro atoms. The van der Waals surface area contributed by atoms with E-state index in [1.54, 1.807) is 35.8 Å². The molecule has 0 fully saturated rings. The Morgan fingerprint density at radius 3 is 2.63 bits per heavy atom. The molecule has 0 atom stereocenters. The third kappa shape index (κ3) is 5.39. The number of hydrogen-bond acceptors (Lipinski definition) is 5. The number of amides is 2. The van der Waals surface area contributed by atoms with Crippen LogP contribution in [-0.2, 0) is 11.2 Å². The number of aryl methyl sites for hydroxylation is 1. The highest BCUT2D eigenvalue weighted by Crippen LogP contribution is 2.16. The lowest BCUT2D eigenvalue weighted by molar-refractivity contribution is -0.118. The lowest BCUT2D eigenvalue weighted by Gasteiger charge is -2.09. The maximum Gasteiger partial charge on any atom is 0.262 e. The number of nitrogens with zero attached hydrogens (tertiary/aromatic N) is 1. The van der Waals surface area contributed by atoms with E-state index in [0.717, 1.165) is 12.0 Å². The van der Waals surface area contributed by atoms with E-state index >= 15 is 0 Å². The Kier molecular flexibility index (Phi) is 6.17. The van der Waals surface area contributed by atoms with Crippen molar-refractivity contribution in [3.63, 3.8) is 0 Å². The molecule has 27 heavy (non-hydrogen) atoms. The second-order valence-electron chi connectivity index (χ2n) is 5.71. The first-order valence-electron chi connectivity index (χ1n) is 8.46. The largest absolute Gasteiger partial charge is 0.484 e. The van der Waals surface area contributed by atoms with Gasteiger partial charge in [0.2, 0.25) is 0 Å². The molecule has 0 aliphatic rings. The molecule has 1 aromatic heterocycles. The molecule has 2 amide bonds. The van der Waals surface area contributed by atoms with Crippen molar-refractivity contribution < 1.29 is 14.3 Å². The summed E-state index contributed by atoms with van der Waals surface area (Å²) in [7, 11) is 0. The van der Waals surface area contributed by atoms with Crippen LogP contribution in [0.5, 0.6) is 5.75 Å². The summed E-state index contributed by atoms with van der Waals surface area (Å²) in [5.74, 6) is 0.151. The number of aromatic nitrogens is 1. The average Bonchev–Trinajstić information content (AvgIpc) is 3.20. The smallest absolute Gasteiger partial charge is 0.262 e. The normalized spacial score (nSPS) is 10.3. The third-order valence-corrected chi connectivity index (χ3v) is 4.45. The van der Waals surface area contributed by atoms with E-state index < -0.39 is 0 Å². The summed E-state index contributed by atoms with van der Waals surface area (Å²) < 4.78 is 5.52. The van der Waals surface area contributed by atoms with Gasteiger partial charge in [-0.1, -0.05) is 19.1 Å². The van der Waals surface area contributed by atoms with Crippen LogP contribution in [0.15, 0.2) is 60.1 Å². The van der Waals surface area contributed by atoms with Crippen molar-refractivity contribution in [1.82, 2.24) is 4.98 Å². The minimum atomic E-state index is -0.267. The Hall–Kier alpha value is -3.19. The fraction of sp³-hybridized carbons (Fsp3) is 0.150. The molecule has 2 aromatic carbocycles. The first-order chi connectivity index (χ1) is 13.1. The van der Waals surface area contributed by atoms with Gasteiger partial charge >= 0.3 is 0 Å². The topological polar surface area (TPSA) is 80.3 Å². The van der Waals surface area contributed by atoms with Gasteiger partial charge in [-0.15, -0.1) is 11.3 Å². The fourth-order valence-corrected chi connectivity index (χ4v) is 2.88. The fourth-order valence-electron chi connectivity index (χ4n) is 2.36. The summed E-state index contributed by atoms with van der Waals surface area (Å²) in [5.41, 5.74) is 2.23. The molecule has 6 nitrogen and oxygen atoms in total. The predicted molar refractivity (Wildman–Crippen MR) is 106 cm³/mol. The van der Waals surface area contributed by atoms with Crippen molar-refractivity contribution in [3.8, 4) is 5.75 Å². The van der Waals surface area contributed by atoms with Crippen molar-refractivity contribution >= 4 is 34.0 Å². The quantitative estimate of drug-likeness (QED) is 0.649. The Labute approximate surface area is 161 Å². The van der Waals surface area contributed by atoms with Crippen LogP contribution >= 0.6 is 11.3 Å². The molecule has 2 N–H and O–H groups in total. The number of carbonyl (C=O) groups is 2. The van der Waals surface area contributed by atoms with Gasteiger partial charge in [0.15, 0.2) is 11.7 Å². The van der Waals surface area contributed by atoms with Gasteiger partial charge in [-0.25, -0.2) is 4.98 Å². The van der Waals surface area contributed by atoms with Crippen molar-refractivity contribution in [3.05, 3.63) is 71.2 Å². The number of benzene rings is 2. The molecule has 0 saturated carbocycles. The maximum atomic E-state index is 12.1. The Morgan fingerprint density at radius 1 is 1.11 bits per heavy atom. The molecule has 0 aliphatic carbocycles. The van der Waals surface area contributed by atoms with Crippen molar-refractivity contribution in [1.29, 1.82) is 0 Å². The molecule has 1 heterocycles. The van der Waals surface area contributed by atoms with Crippen molar-refractivity contribution in [2.45, 2.75) is 13.3 Å². The molecule has 138 valence electrons. The molecule has 3 rings (SSSR count). The van der Waals surface area contributed by atoms with Crippen molar-refractivity contribution in [2.24, 2.45) is 0 Å². The first-order valence-corrected chi connectivity index (χ1v) is 9.34. The van der Waals surface area contributed by atoms with E-state index in [0.29, 0.717) is 22.1 Å². The molecular weight excluding hydrogens is 362 g/mol. The van der Waals surface area contributed by atoms with E-state index in [-0.39, 0.29) is 18.4 Å². The lowest BCUT2D eigenvalue weighted by atomic mass is 10.2. The Bertz CT molecular complexity index is 908. The zero-order chi connectivity index (χ0) is 19.1. The van der Waals surface area contributed by atoms with Crippen LogP contribution in [0.25, 0.3) is 0 Å². The highest BCUT2D eigenvalue weighted by Gasteiger charge is 2.09. The second kappa shape index (κ2) is 8.95. The zero-order valence-corrected chi connectivity index (χ0v) is 15.6. The maximum absolute atomic E-state index is 12.1. The molecule has 0 saturated heterocycles. The summed E-state index contributed by atoms with van der Waals surface area (Å²) in [6, 6.07) is 14.3. The third-order valence-electron chi connectivity index (χ3n) is 3.76. The molecule has 3 aromatic rings. The summed E-state index contributed by atoms with van der Waals surface area (Å²) in [5, 5.41) is 7.78. The van der Waals surface area contributed by atoms with Gasteiger partial charge in [-0.3, -0.25) is 14.9 Å². The monoisotopic (exact) mass is 381 g/mol. The summed E-state index contributed by atoms with van der Waals surface area (Å²) in [6.07, 6.45) is 2.53. The highest BCUT2D eigenvalue weighted by molar-refractivity contribution is 7.13. The van der Waals surface area contributed by atoms with E-state index in [1.807, 2.05) is 24.3 Å². The Balaban J connectivity index is 1.51. The van der Waals surface area contributed by atoms with E-state index in [2.05, 4.69) is 22.5 Å². The van der Waals surface area contributed by atoms with Crippen LogP contribution in [0.1, 0.15) is 22.8 Å². The molecule has 0 radical (unpaired) electrons. The standard InChI is InChI=1S/C20H19N3O3S/c1-2-14-4-3-5-17(12-14)26-13-18(24)22-16-8-6-15(7-9-16)19(25)23-20-21-10-11-27-20/h3-12H,2,13H2,1H3,(H,22,24)(H,21,23,25). The molecule has 0 bridgehead atoms. The van der Waals surface area contributed by atoms with E-state index in [1.165, 1.54) is 11.3 Å². The van der Waals surface area contributed by atoms with E-state index in [4.69, 9.17) is 4.74 Å². The minimum Gasteiger partial charge on any atom is -0.484 e. The van der Waals surface area contributed by atoms with Crippen LogP contribution in [0, 0.1) is 0 Å². The lowest BCUT2D eigenvalue weighted by Crippen LogP contribution is -2.20. The van der Waals surface area contributed by atoms with Crippen LogP contribution < -0.4 is 15.4 Å². The van der Waals surface area contributed by atoms with Gasteiger partial charge in [-0.2, -0.15) is 0 Å². The van der Waals surface area contributed by atoms with E-state index in [9.17, 15) is 9.59 Å². The number of rotatable bonds is 7. The van der Waals surface area contributed by atoms with Gasteiger partial charge in [0.1, 0.15) is 5.75 Å². The van der Waals surface area contributed by atoms with Crippen LogP contribution in [0.3, 0.4) is 0 Å². The number of ether oxygens (including phenoxy) is 1. The van der Waals surface area contributed by atoms with Gasteiger partial charge in [0.05, 0.1) is 0 Å². The highest BCUT2D eigenvalue weighted by atomic mass is 32.1. The number of anilines is 2. The predicted octanol–water partition coefficient (Wildman–Crippen LogP) is 3.98. The van der Waals surface area contributed by atoms with Gasteiger partial charge in [0, 0.05) is 22.8 Å². The minimum absolute atomic E-state index is 0.0839. The number of hydrogen-bond donors (Lipinski definition) is 2. The number of thiazole rings is 1. The molecule has 0 unspecified atom stereocenters. The summed E-state index contributed by atoms with van der Waals surface area (Å²) in [4.78, 5) is 28.2. The van der Waals surface area contributed by atoms with Gasteiger partial charge < -0.3 is 10.1 Å². The molecule has 7 heteroatoms. The second-order valence-corrected chi connectivity index (χ2v) is 6.60. The zero-order valence-electron chi connectivity index (χ0n) is 14.8. The first kappa shape index (κ1) is 18.6.